The summed E-state index contributed by atoms with van der Waals surface area (Å²) in [6.07, 6.45) is 5.82. The maximum atomic E-state index is 5.73. The van der Waals surface area contributed by atoms with E-state index in [0.717, 1.165) is 12.8 Å². The molecular weight excluding hydrogens is 120 g/mol. The van der Waals surface area contributed by atoms with E-state index < -0.39 is 0 Å². The number of hydrogen-bond acceptors (Lipinski definition) is 0. The normalized spacial score (nSPS) is 14.9. The van der Waals surface area contributed by atoms with Crippen LogP contribution in [0.2, 0.25) is 0 Å². The van der Waals surface area contributed by atoms with Gasteiger partial charge in [0.1, 0.15) is 0 Å². The first kappa shape index (κ1) is 8.03. The minimum absolute atomic E-state index is 0.228. The highest BCUT2D eigenvalue weighted by molar-refractivity contribution is 6.20. The van der Waals surface area contributed by atoms with E-state index in [2.05, 4.69) is 13.0 Å². The number of allylic oxidation sites excluding steroid dienone is 2. The van der Waals surface area contributed by atoms with Gasteiger partial charge in [-0.15, -0.1) is 11.6 Å². The average Bonchev–Trinajstić information content (AvgIpc) is 1.83. The highest BCUT2D eigenvalue weighted by Crippen LogP contribution is 2.05. The van der Waals surface area contributed by atoms with Crippen molar-refractivity contribution in [3.8, 4) is 0 Å². The zero-order valence-electron chi connectivity index (χ0n) is 5.23. The monoisotopic (exact) mass is 131 g/mol. The van der Waals surface area contributed by atoms with Crippen molar-refractivity contribution in [2.45, 2.75) is 25.1 Å². The number of hydrogen-bond donors (Lipinski definition) is 0. The zero-order valence-corrected chi connectivity index (χ0v) is 5.99. The molecule has 0 spiro atoms. The van der Waals surface area contributed by atoms with Crippen molar-refractivity contribution in [3.05, 3.63) is 19.1 Å². The van der Waals surface area contributed by atoms with E-state index in [0.29, 0.717) is 0 Å². The van der Waals surface area contributed by atoms with Gasteiger partial charge in [-0.05, 0) is 19.8 Å². The van der Waals surface area contributed by atoms with Crippen molar-refractivity contribution in [3.63, 3.8) is 0 Å². The van der Waals surface area contributed by atoms with Crippen LogP contribution in [-0.2, 0) is 0 Å². The van der Waals surface area contributed by atoms with Crippen molar-refractivity contribution < 1.29 is 0 Å². The highest BCUT2D eigenvalue weighted by Gasteiger charge is 1.94. The molecule has 0 amide bonds. The summed E-state index contributed by atoms with van der Waals surface area (Å²) in [7, 11) is 0. The van der Waals surface area contributed by atoms with E-state index >= 15 is 0 Å². The Morgan fingerprint density at radius 2 is 2.38 bits per heavy atom. The second-order valence-electron chi connectivity index (χ2n) is 1.69. The molecule has 47 valence electrons. The van der Waals surface area contributed by atoms with Gasteiger partial charge < -0.3 is 0 Å². The lowest BCUT2D eigenvalue weighted by molar-refractivity contribution is 0.876. The third-order valence-corrected chi connectivity index (χ3v) is 1.34. The molecule has 0 rings (SSSR count). The minimum atomic E-state index is 0.228. The van der Waals surface area contributed by atoms with Crippen LogP contribution in [0.5, 0.6) is 0 Å². The minimum Gasteiger partial charge on any atom is -0.123 e. The molecule has 0 aliphatic rings. The summed E-state index contributed by atoms with van der Waals surface area (Å²) in [6.45, 7) is 5.67. The molecular formula is C7H12Cl. The third-order valence-electron chi connectivity index (χ3n) is 0.941. The van der Waals surface area contributed by atoms with Crippen molar-refractivity contribution >= 4 is 11.6 Å². The van der Waals surface area contributed by atoms with E-state index in [1.54, 1.807) is 0 Å². The molecule has 0 N–H and O–H groups in total. The zero-order chi connectivity index (χ0) is 6.41. The molecule has 0 saturated carbocycles. The van der Waals surface area contributed by atoms with Gasteiger partial charge in [0.2, 0.25) is 0 Å². The summed E-state index contributed by atoms with van der Waals surface area (Å²) in [5, 5.41) is 0.228. The van der Waals surface area contributed by atoms with Crippen molar-refractivity contribution in [2.75, 3.05) is 0 Å². The first-order valence-electron chi connectivity index (χ1n) is 2.85. The Labute approximate surface area is 56.5 Å². The summed E-state index contributed by atoms with van der Waals surface area (Å²) in [4.78, 5) is 0. The fraction of sp³-hybridized carbons (Fsp3) is 0.571. The number of rotatable bonds is 3. The first-order chi connectivity index (χ1) is 3.81. The Kier molecular flexibility index (Phi) is 5.19. The summed E-state index contributed by atoms with van der Waals surface area (Å²) in [6, 6.07) is 0. The molecule has 0 aromatic carbocycles. The van der Waals surface area contributed by atoms with E-state index in [-0.39, 0.29) is 5.38 Å². The van der Waals surface area contributed by atoms with Crippen LogP contribution in [0.25, 0.3) is 0 Å². The average molecular weight is 132 g/mol. The largest absolute Gasteiger partial charge is 0.123 e. The molecule has 0 saturated heterocycles. The number of halogens is 1. The molecule has 0 heterocycles. The van der Waals surface area contributed by atoms with Gasteiger partial charge in [-0.25, -0.2) is 0 Å². The van der Waals surface area contributed by atoms with Gasteiger partial charge in [0.25, 0.3) is 0 Å². The molecule has 0 bridgehead atoms. The Morgan fingerprint density at radius 1 is 1.75 bits per heavy atom. The molecule has 1 radical (unpaired) electrons. The van der Waals surface area contributed by atoms with Crippen molar-refractivity contribution in [1.82, 2.24) is 0 Å². The van der Waals surface area contributed by atoms with E-state index in [4.69, 9.17) is 11.6 Å². The maximum Gasteiger partial charge on any atom is 0.0370 e. The van der Waals surface area contributed by atoms with Crippen LogP contribution in [0.3, 0.4) is 0 Å². The molecule has 0 fully saturated rings. The SMILES string of the molecule is [CH2]CC(Cl)C/C=C/C. The predicted molar refractivity (Wildman–Crippen MR) is 39.0 cm³/mol. The summed E-state index contributed by atoms with van der Waals surface area (Å²) in [5.41, 5.74) is 0. The Balaban J connectivity index is 3.10. The van der Waals surface area contributed by atoms with Gasteiger partial charge in [-0.3, -0.25) is 0 Å². The molecule has 0 aromatic heterocycles. The Bertz CT molecular complexity index is 66.8. The van der Waals surface area contributed by atoms with Crippen LogP contribution in [0.1, 0.15) is 19.8 Å². The van der Waals surface area contributed by atoms with Crippen molar-refractivity contribution in [1.29, 1.82) is 0 Å². The second kappa shape index (κ2) is 5.17. The lowest BCUT2D eigenvalue weighted by atomic mass is 10.2. The van der Waals surface area contributed by atoms with Gasteiger partial charge in [0.15, 0.2) is 0 Å². The molecule has 1 unspecified atom stereocenters. The molecule has 8 heavy (non-hydrogen) atoms. The Morgan fingerprint density at radius 3 is 2.75 bits per heavy atom. The van der Waals surface area contributed by atoms with Crippen LogP contribution in [0.15, 0.2) is 12.2 Å². The summed E-state index contributed by atoms with van der Waals surface area (Å²) < 4.78 is 0. The van der Waals surface area contributed by atoms with E-state index in [1.807, 2.05) is 13.0 Å². The molecule has 0 aliphatic carbocycles. The molecule has 0 aromatic rings. The summed E-state index contributed by atoms with van der Waals surface area (Å²) in [5.74, 6) is 0. The van der Waals surface area contributed by atoms with Crippen LogP contribution in [-0.4, -0.2) is 5.38 Å². The highest BCUT2D eigenvalue weighted by atomic mass is 35.5. The van der Waals surface area contributed by atoms with Crippen molar-refractivity contribution in [2.24, 2.45) is 0 Å². The van der Waals surface area contributed by atoms with Gasteiger partial charge in [0.05, 0.1) is 0 Å². The smallest absolute Gasteiger partial charge is 0.0370 e. The second-order valence-corrected chi connectivity index (χ2v) is 2.31. The molecule has 0 aliphatic heterocycles. The van der Waals surface area contributed by atoms with Gasteiger partial charge in [-0.1, -0.05) is 19.1 Å². The molecule has 1 atom stereocenters. The first-order valence-corrected chi connectivity index (χ1v) is 3.29. The fourth-order valence-electron chi connectivity index (χ4n) is 0.402. The summed E-state index contributed by atoms with van der Waals surface area (Å²) >= 11 is 5.73. The third kappa shape index (κ3) is 4.20. The fourth-order valence-corrected chi connectivity index (χ4v) is 0.504. The van der Waals surface area contributed by atoms with E-state index in [9.17, 15) is 0 Å². The quantitative estimate of drug-likeness (QED) is 0.408. The number of alkyl halides is 1. The van der Waals surface area contributed by atoms with E-state index in [1.165, 1.54) is 0 Å². The topological polar surface area (TPSA) is 0 Å². The van der Waals surface area contributed by atoms with Gasteiger partial charge >= 0.3 is 0 Å². The standard InChI is InChI=1S/C7H12Cl/c1-3-5-6-7(8)4-2/h3,5,7H,2,4,6H2,1H3/b5-3+. The van der Waals surface area contributed by atoms with Gasteiger partial charge in [0, 0.05) is 5.38 Å². The lowest BCUT2D eigenvalue weighted by Crippen LogP contribution is -1.91. The Hall–Kier alpha value is 0.0300. The van der Waals surface area contributed by atoms with Gasteiger partial charge in [-0.2, -0.15) is 0 Å². The maximum absolute atomic E-state index is 5.73. The van der Waals surface area contributed by atoms with Crippen LogP contribution < -0.4 is 0 Å². The molecule has 1 heteroatoms. The van der Waals surface area contributed by atoms with Crippen LogP contribution in [0, 0.1) is 6.92 Å². The van der Waals surface area contributed by atoms with Crippen LogP contribution >= 0.6 is 11.6 Å². The lowest BCUT2D eigenvalue weighted by Gasteiger charge is -1.97. The predicted octanol–water partition coefficient (Wildman–Crippen LogP) is 2.78. The van der Waals surface area contributed by atoms with Crippen LogP contribution in [0.4, 0.5) is 0 Å². The molecule has 0 nitrogen and oxygen atoms in total.